The molecular formula is C17H31N3O. The number of nitrogens with one attached hydrogen (secondary N) is 1. The van der Waals surface area contributed by atoms with E-state index in [4.69, 9.17) is 4.52 Å². The van der Waals surface area contributed by atoms with Gasteiger partial charge in [0.1, 0.15) is 5.76 Å². The van der Waals surface area contributed by atoms with Crippen molar-refractivity contribution in [2.75, 3.05) is 13.1 Å². The number of rotatable bonds is 3. The summed E-state index contributed by atoms with van der Waals surface area (Å²) in [6.07, 6.45) is 1.16. The molecule has 0 amide bonds. The van der Waals surface area contributed by atoms with Gasteiger partial charge in [-0.15, -0.1) is 0 Å². The SMILES string of the molecule is CCC1CNC(C(C)(C)C)CN1C(C)c1c(C)noc1C. The van der Waals surface area contributed by atoms with Crippen molar-refractivity contribution in [2.45, 2.75) is 73.0 Å². The van der Waals surface area contributed by atoms with Crippen LogP contribution >= 0.6 is 0 Å². The fourth-order valence-electron chi connectivity index (χ4n) is 3.51. The Kier molecular flexibility index (Phi) is 4.79. The summed E-state index contributed by atoms with van der Waals surface area (Å²) in [5, 5.41) is 7.87. The molecule has 1 aromatic heterocycles. The van der Waals surface area contributed by atoms with Crippen molar-refractivity contribution in [3.05, 3.63) is 17.0 Å². The van der Waals surface area contributed by atoms with Crippen molar-refractivity contribution in [2.24, 2.45) is 5.41 Å². The maximum absolute atomic E-state index is 5.38. The van der Waals surface area contributed by atoms with Crippen molar-refractivity contribution in [1.29, 1.82) is 0 Å². The van der Waals surface area contributed by atoms with Crippen molar-refractivity contribution in [3.8, 4) is 0 Å². The predicted octanol–water partition coefficient (Wildman–Crippen LogP) is 3.45. The van der Waals surface area contributed by atoms with E-state index in [1.54, 1.807) is 0 Å². The van der Waals surface area contributed by atoms with Crippen LogP contribution in [-0.2, 0) is 0 Å². The summed E-state index contributed by atoms with van der Waals surface area (Å²) in [7, 11) is 0. The summed E-state index contributed by atoms with van der Waals surface area (Å²) >= 11 is 0. The molecule has 1 aliphatic rings. The lowest BCUT2D eigenvalue weighted by Crippen LogP contribution is -2.60. The Labute approximate surface area is 129 Å². The molecule has 21 heavy (non-hydrogen) atoms. The molecule has 4 heteroatoms. The Hall–Kier alpha value is -0.870. The zero-order valence-corrected chi connectivity index (χ0v) is 14.7. The molecule has 0 spiro atoms. The highest BCUT2D eigenvalue weighted by molar-refractivity contribution is 5.25. The molecular weight excluding hydrogens is 262 g/mol. The predicted molar refractivity (Wildman–Crippen MR) is 86.4 cm³/mol. The van der Waals surface area contributed by atoms with Gasteiger partial charge in [-0.1, -0.05) is 32.9 Å². The second-order valence-corrected chi connectivity index (χ2v) is 7.50. The maximum Gasteiger partial charge on any atom is 0.138 e. The zero-order valence-electron chi connectivity index (χ0n) is 14.7. The van der Waals surface area contributed by atoms with Crippen LogP contribution in [0.5, 0.6) is 0 Å². The van der Waals surface area contributed by atoms with Crippen LogP contribution in [0.15, 0.2) is 4.52 Å². The molecule has 1 saturated heterocycles. The molecule has 0 radical (unpaired) electrons. The van der Waals surface area contributed by atoms with E-state index in [9.17, 15) is 0 Å². The maximum atomic E-state index is 5.38. The van der Waals surface area contributed by atoms with Crippen LogP contribution < -0.4 is 5.32 Å². The summed E-state index contributed by atoms with van der Waals surface area (Å²) < 4.78 is 5.38. The first kappa shape index (κ1) is 16.5. The Bertz CT molecular complexity index is 455. The minimum absolute atomic E-state index is 0.273. The molecule has 3 unspecified atom stereocenters. The van der Waals surface area contributed by atoms with E-state index < -0.39 is 0 Å². The van der Waals surface area contributed by atoms with Crippen LogP contribution in [0.1, 0.15) is 64.1 Å². The van der Waals surface area contributed by atoms with Crippen LogP contribution in [0.2, 0.25) is 0 Å². The number of aromatic nitrogens is 1. The van der Waals surface area contributed by atoms with E-state index in [0.717, 1.165) is 31.0 Å². The summed E-state index contributed by atoms with van der Waals surface area (Å²) in [4.78, 5) is 2.64. The van der Waals surface area contributed by atoms with Gasteiger partial charge in [-0.3, -0.25) is 4.90 Å². The van der Waals surface area contributed by atoms with Crippen LogP contribution in [0.3, 0.4) is 0 Å². The van der Waals surface area contributed by atoms with Crippen molar-refractivity contribution < 1.29 is 4.52 Å². The molecule has 2 rings (SSSR count). The molecule has 3 atom stereocenters. The number of hydrogen-bond acceptors (Lipinski definition) is 4. The molecule has 2 heterocycles. The molecule has 0 bridgehead atoms. The van der Waals surface area contributed by atoms with Crippen molar-refractivity contribution in [3.63, 3.8) is 0 Å². The quantitative estimate of drug-likeness (QED) is 0.927. The molecule has 1 N–H and O–H groups in total. The van der Waals surface area contributed by atoms with Gasteiger partial charge in [0.25, 0.3) is 0 Å². The summed E-state index contributed by atoms with van der Waals surface area (Å²) in [5.74, 6) is 0.959. The van der Waals surface area contributed by atoms with Gasteiger partial charge in [0.15, 0.2) is 0 Å². The molecule has 1 aliphatic heterocycles. The summed E-state index contributed by atoms with van der Waals surface area (Å²) in [5.41, 5.74) is 2.57. The van der Waals surface area contributed by atoms with Gasteiger partial charge < -0.3 is 9.84 Å². The largest absolute Gasteiger partial charge is 0.361 e. The second-order valence-electron chi connectivity index (χ2n) is 7.50. The van der Waals surface area contributed by atoms with Crippen LogP contribution in [-0.4, -0.2) is 35.2 Å². The molecule has 1 aromatic rings. The van der Waals surface area contributed by atoms with Gasteiger partial charge in [0.05, 0.1) is 5.69 Å². The van der Waals surface area contributed by atoms with Crippen LogP contribution in [0.25, 0.3) is 0 Å². The Balaban J connectivity index is 2.25. The Morgan fingerprint density at radius 1 is 1.38 bits per heavy atom. The van der Waals surface area contributed by atoms with E-state index in [0.29, 0.717) is 18.1 Å². The van der Waals surface area contributed by atoms with Gasteiger partial charge in [-0.2, -0.15) is 0 Å². The van der Waals surface area contributed by atoms with E-state index in [2.05, 4.69) is 50.0 Å². The van der Waals surface area contributed by atoms with E-state index in [1.807, 2.05) is 13.8 Å². The third kappa shape index (κ3) is 3.32. The van der Waals surface area contributed by atoms with Crippen molar-refractivity contribution in [1.82, 2.24) is 15.4 Å². The third-order valence-electron chi connectivity index (χ3n) is 4.98. The van der Waals surface area contributed by atoms with Gasteiger partial charge >= 0.3 is 0 Å². The highest BCUT2D eigenvalue weighted by Crippen LogP contribution is 2.33. The van der Waals surface area contributed by atoms with E-state index >= 15 is 0 Å². The fraction of sp³-hybridized carbons (Fsp3) is 0.824. The van der Waals surface area contributed by atoms with E-state index in [-0.39, 0.29) is 5.41 Å². The summed E-state index contributed by atoms with van der Waals surface area (Å²) in [6, 6.07) is 1.45. The third-order valence-corrected chi connectivity index (χ3v) is 4.98. The molecule has 0 aromatic carbocycles. The number of hydrogen-bond donors (Lipinski definition) is 1. The summed E-state index contributed by atoms with van der Waals surface area (Å²) in [6.45, 7) is 17.7. The van der Waals surface area contributed by atoms with Gasteiger partial charge in [0, 0.05) is 36.8 Å². The first-order chi connectivity index (χ1) is 9.75. The normalized spacial score (nSPS) is 26.0. The van der Waals surface area contributed by atoms with Crippen LogP contribution in [0.4, 0.5) is 0 Å². The molecule has 4 nitrogen and oxygen atoms in total. The molecule has 1 fully saturated rings. The second kappa shape index (κ2) is 6.09. The standard InChI is InChI=1S/C17H31N3O/c1-8-14-9-18-15(17(5,6)7)10-20(14)12(3)16-11(2)19-21-13(16)4/h12,14-15,18H,8-10H2,1-7H3. The topological polar surface area (TPSA) is 41.3 Å². The highest BCUT2D eigenvalue weighted by atomic mass is 16.5. The lowest BCUT2D eigenvalue weighted by atomic mass is 9.83. The monoisotopic (exact) mass is 293 g/mol. The average Bonchev–Trinajstić information content (AvgIpc) is 2.75. The smallest absolute Gasteiger partial charge is 0.138 e. The van der Waals surface area contributed by atoms with Gasteiger partial charge in [0.2, 0.25) is 0 Å². The number of piperazine rings is 1. The number of aryl methyl sites for hydroxylation is 2. The van der Waals surface area contributed by atoms with E-state index in [1.165, 1.54) is 5.56 Å². The highest BCUT2D eigenvalue weighted by Gasteiger charge is 2.37. The van der Waals surface area contributed by atoms with Gasteiger partial charge in [-0.05, 0) is 32.6 Å². The van der Waals surface area contributed by atoms with Crippen molar-refractivity contribution >= 4 is 0 Å². The fourth-order valence-corrected chi connectivity index (χ4v) is 3.51. The lowest BCUT2D eigenvalue weighted by molar-refractivity contribution is 0.0524. The zero-order chi connectivity index (χ0) is 15.8. The first-order valence-electron chi connectivity index (χ1n) is 8.17. The number of nitrogens with zero attached hydrogens (tertiary/aromatic N) is 2. The van der Waals surface area contributed by atoms with Crippen LogP contribution in [0, 0.1) is 19.3 Å². The lowest BCUT2D eigenvalue weighted by Gasteiger charge is -2.47. The minimum Gasteiger partial charge on any atom is -0.361 e. The molecule has 120 valence electrons. The Morgan fingerprint density at radius 2 is 2.05 bits per heavy atom. The molecule has 0 saturated carbocycles. The van der Waals surface area contributed by atoms with Gasteiger partial charge in [-0.25, -0.2) is 0 Å². The Morgan fingerprint density at radius 3 is 2.52 bits per heavy atom. The minimum atomic E-state index is 0.273. The average molecular weight is 293 g/mol. The molecule has 0 aliphatic carbocycles. The first-order valence-corrected chi connectivity index (χ1v) is 8.17.